The largest absolute Gasteiger partial charge is 0.331 e. The van der Waals surface area contributed by atoms with Crippen molar-refractivity contribution >= 4 is 5.91 Å². The summed E-state index contributed by atoms with van der Waals surface area (Å²) in [5, 5.41) is 0. The first-order valence-electron chi connectivity index (χ1n) is 8.70. The average molecular weight is 301 g/mol. The summed E-state index contributed by atoms with van der Waals surface area (Å²) in [4.78, 5) is 15.5. The van der Waals surface area contributed by atoms with E-state index in [0.29, 0.717) is 5.91 Å². The topological polar surface area (TPSA) is 20.3 Å². The van der Waals surface area contributed by atoms with E-state index in [4.69, 9.17) is 0 Å². The van der Waals surface area contributed by atoms with Gasteiger partial charge in [0.2, 0.25) is 5.91 Å². The van der Waals surface area contributed by atoms with Crippen LogP contribution in [0.25, 0.3) is 0 Å². The summed E-state index contributed by atoms with van der Waals surface area (Å²) in [7, 11) is 4.52. The monoisotopic (exact) mass is 301 g/mol. The third kappa shape index (κ3) is 2.91. The number of benzene rings is 1. The first-order valence-corrected chi connectivity index (χ1v) is 8.70. The summed E-state index contributed by atoms with van der Waals surface area (Å²) < 4.78 is 1.03. The van der Waals surface area contributed by atoms with Crippen molar-refractivity contribution in [1.29, 1.82) is 0 Å². The van der Waals surface area contributed by atoms with E-state index in [9.17, 15) is 4.79 Å². The van der Waals surface area contributed by atoms with E-state index < -0.39 is 0 Å². The molecule has 0 bridgehead atoms. The molecule has 2 fully saturated rings. The molecule has 22 heavy (non-hydrogen) atoms. The van der Waals surface area contributed by atoms with E-state index >= 15 is 0 Å². The summed E-state index contributed by atoms with van der Waals surface area (Å²) in [5.41, 5.74) is 0.979. The number of hydrogen-bond acceptors (Lipinski definition) is 1. The highest BCUT2D eigenvalue weighted by atomic mass is 16.2. The highest BCUT2D eigenvalue weighted by Gasteiger charge is 2.44. The molecule has 3 heteroatoms. The second-order valence-electron chi connectivity index (χ2n) is 7.68. The minimum Gasteiger partial charge on any atom is -0.331 e. The van der Waals surface area contributed by atoms with Crippen LogP contribution in [-0.2, 0) is 10.2 Å². The summed E-state index contributed by atoms with van der Waals surface area (Å²) in [6.45, 7) is 3.94. The van der Waals surface area contributed by atoms with Gasteiger partial charge >= 0.3 is 0 Å². The van der Waals surface area contributed by atoms with E-state index in [1.807, 2.05) is 6.07 Å². The van der Waals surface area contributed by atoms with Crippen molar-refractivity contribution in [1.82, 2.24) is 4.90 Å². The number of carbonyl (C=O) groups excluding carboxylic acids is 1. The molecule has 1 aromatic carbocycles. The predicted molar refractivity (Wildman–Crippen MR) is 89.6 cm³/mol. The van der Waals surface area contributed by atoms with Crippen LogP contribution in [0.15, 0.2) is 30.3 Å². The summed E-state index contributed by atoms with van der Waals surface area (Å²) in [6, 6.07) is 10.5. The van der Waals surface area contributed by atoms with Crippen LogP contribution < -0.4 is 0 Å². The predicted octanol–water partition coefficient (Wildman–Crippen LogP) is 2.81. The molecule has 0 unspecified atom stereocenters. The van der Waals surface area contributed by atoms with Crippen LogP contribution in [0.3, 0.4) is 0 Å². The van der Waals surface area contributed by atoms with Crippen molar-refractivity contribution < 1.29 is 9.28 Å². The van der Waals surface area contributed by atoms with E-state index in [2.05, 4.69) is 43.3 Å². The molecule has 3 rings (SSSR count). The zero-order valence-electron chi connectivity index (χ0n) is 14.1. The Hall–Kier alpha value is -1.35. The molecule has 1 saturated heterocycles. The van der Waals surface area contributed by atoms with Gasteiger partial charge < -0.3 is 9.38 Å². The number of amides is 1. The molecule has 2 aliphatic rings. The number of rotatable bonds is 2. The van der Waals surface area contributed by atoms with Gasteiger partial charge in [-0.3, -0.25) is 4.79 Å². The quantitative estimate of drug-likeness (QED) is 0.769. The lowest BCUT2D eigenvalue weighted by Crippen LogP contribution is -2.59. The van der Waals surface area contributed by atoms with Gasteiger partial charge in [0.25, 0.3) is 0 Å². The van der Waals surface area contributed by atoms with Gasteiger partial charge in [-0.25, -0.2) is 0 Å². The van der Waals surface area contributed by atoms with Crippen LogP contribution >= 0.6 is 0 Å². The Morgan fingerprint density at radius 2 is 1.59 bits per heavy atom. The Labute approximate surface area is 134 Å². The fraction of sp³-hybridized carbons (Fsp3) is 0.632. The van der Waals surface area contributed by atoms with E-state index in [1.54, 1.807) is 0 Å². The van der Waals surface area contributed by atoms with Gasteiger partial charge in [-0.1, -0.05) is 49.6 Å². The molecule has 1 aliphatic carbocycles. The molecule has 1 heterocycles. The van der Waals surface area contributed by atoms with E-state index in [1.165, 1.54) is 24.8 Å². The fourth-order valence-electron chi connectivity index (χ4n) is 4.05. The maximum absolute atomic E-state index is 13.4. The number of carbonyl (C=O) groups is 1. The van der Waals surface area contributed by atoms with Crippen molar-refractivity contribution in [3.05, 3.63) is 35.9 Å². The molecular formula is C19H29N2O+. The summed E-state index contributed by atoms with van der Waals surface area (Å²) in [5.74, 6) is 0.387. The molecule has 1 aromatic rings. The first-order chi connectivity index (χ1) is 10.5. The lowest BCUT2D eigenvalue weighted by molar-refractivity contribution is -0.894. The Morgan fingerprint density at radius 1 is 1.00 bits per heavy atom. The average Bonchev–Trinajstić information content (AvgIpc) is 2.56. The Morgan fingerprint density at radius 3 is 2.18 bits per heavy atom. The fourth-order valence-corrected chi connectivity index (χ4v) is 4.05. The van der Waals surface area contributed by atoms with E-state index in [-0.39, 0.29) is 5.41 Å². The van der Waals surface area contributed by atoms with Crippen LogP contribution in [0.5, 0.6) is 0 Å². The number of quaternary nitrogens is 1. The van der Waals surface area contributed by atoms with Gasteiger partial charge in [0.05, 0.1) is 45.7 Å². The Bertz CT molecular complexity index is 507. The lowest BCUT2D eigenvalue weighted by Gasteiger charge is -2.44. The van der Waals surface area contributed by atoms with Gasteiger partial charge in [0, 0.05) is 0 Å². The minimum absolute atomic E-state index is 0.256. The van der Waals surface area contributed by atoms with Gasteiger partial charge in [-0.2, -0.15) is 0 Å². The zero-order valence-corrected chi connectivity index (χ0v) is 14.1. The third-order valence-corrected chi connectivity index (χ3v) is 5.68. The molecule has 0 radical (unpaired) electrons. The Balaban J connectivity index is 1.85. The van der Waals surface area contributed by atoms with Crippen molar-refractivity contribution in [2.45, 2.75) is 37.5 Å². The van der Waals surface area contributed by atoms with Gasteiger partial charge in [-0.05, 0) is 18.4 Å². The van der Waals surface area contributed by atoms with Crippen LogP contribution in [0.1, 0.15) is 37.7 Å². The molecular weight excluding hydrogens is 272 g/mol. The standard InChI is InChI=1S/C19H29N2O/c1-21(2)15-13-20(14-16-21)18(22)19(11-7-4-8-12-19)17-9-5-3-6-10-17/h3,5-6,9-10H,4,7-8,11-16H2,1-2H3/q+1. The van der Waals surface area contributed by atoms with E-state index in [0.717, 1.165) is 43.5 Å². The number of likely N-dealkylation sites (N-methyl/N-ethyl adjacent to an activating group) is 1. The maximum Gasteiger partial charge on any atom is 0.233 e. The number of nitrogens with zero attached hydrogens (tertiary/aromatic N) is 2. The minimum atomic E-state index is -0.256. The van der Waals surface area contributed by atoms with Crippen LogP contribution in [0, 0.1) is 0 Å². The summed E-state index contributed by atoms with van der Waals surface area (Å²) in [6.07, 6.45) is 5.66. The molecule has 1 aliphatic heterocycles. The molecule has 1 saturated carbocycles. The lowest BCUT2D eigenvalue weighted by atomic mass is 9.68. The SMILES string of the molecule is C[N+]1(C)CCN(C(=O)C2(c3ccccc3)CCCCC2)CC1. The molecule has 0 spiro atoms. The molecule has 3 nitrogen and oxygen atoms in total. The van der Waals surface area contributed by atoms with Gasteiger partial charge in [0.15, 0.2) is 0 Å². The summed E-state index contributed by atoms with van der Waals surface area (Å²) >= 11 is 0. The van der Waals surface area contributed by atoms with Crippen molar-refractivity contribution in [2.24, 2.45) is 0 Å². The molecule has 0 atom stereocenters. The highest BCUT2D eigenvalue weighted by Crippen LogP contribution is 2.41. The second kappa shape index (κ2) is 6.04. The maximum atomic E-state index is 13.4. The number of piperazine rings is 1. The van der Waals surface area contributed by atoms with Crippen molar-refractivity contribution in [3.8, 4) is 0 Å². The van der Waals surface area contributed by atoms with Crippen molar-refractivity contribution in [3.63, 3.8) is 0 Å². The second-order valence-corrected chi connectivity index (χ2v) is 7.68. The van der Waals surface area contributed by atoms with Gasteiger partial charge in [-0.15, -0.1) is 0 Å². The van der Waals surface area contributed by atoms with Crippen LogP contribution in [-0.4, -0.2) is 55.6 Å². The third-order valence-electron chi connectivity index (χ3n) is 5.68. The van der Waals surface area contributed by atoms with Crippen LogP contribution in [0.4, 0.5) is 0 Å². The normalized spacial score (nSPS) is 24.0. The molecule has 0 aromatic heterocycles. The van der Waals surface area contributed by atoms with Crippen LogP contribution in [0.2, 0.25) is 0 Å². The molecule has 0 N–H and O–H groups in total. The molecule has 1 amide bonds. The molecule has 120 valence electrons. The highest BCUT2D eigenvalue weighted by molar-refractivity contribution is 5.88. The van der Waals surface area contributed by atoms with Gasteiger partial charge in [0.1, 0.15) is 0 Å². The smallest absolute Gasteiger partial charge is 0.233 e. The zero-order chi connectivity index (χ0) is 15.6. The van der Waals surface area contributed by atoms with Crippen molar-refractivity contribution in [2.75, 3.05) is 40.3 Å². The number of hydrogen-bond donors (Lipinski definition) is 0. The Kier molecular flexibility index (Phi) is 4.26. The first kappa shape index (κ1) is 15.5.